The number of furan rings is 1. The minimum atomic E-state index is -0.0182. The van der Waals surface area contributed by atoms with E-state index in [1.54, 1.807) is 6.26 Å². The SMILES string of the molecule is CCCc1cc(N2CCOC(c3ccco3)C2)c2ccccc2n1. The molecule has 1 unspecified atom stereocenters. The summed E-state index contributed by atoms with van der Waals surface area (Å²) in [6.07, 6.45) is 3.79. The Kier molecular flexibility index (Phi) is 4.22. The Balaban J connectivity index is 1.71. The first kappa shape index (κ1) is 15.2. The topological polar surface area (TPSA) is 38.5 Å². The van der Waals surface area contributed by atoms with Gasteiger partial charge in [-0.2, -0.15) is 0 Å². The number of aryl methyl sites for hydroxylation is 1. The third-order valence-electron chi connectivity index (χ3n) is 4.52. The molecule has 0 radical (unpaired) electrons. The van der Waals surface area contributed by atoms with Crippen LogP contribution in [-0.2, 0) is 11.2 Å². The minimum absolute atomic E-state index is 0.0182. The maximum atomic E-state index is 5.91. The van der Waals surface area contributed by atoms with Crippen LogP contribution >= 0.6 is 0 Å². The van der Waals surface area contributed by atoms with Gasteiger partial charge in [-0.3, -0.25) is 4.98 Å². The Labute approximate surface area is 142 Å². The fraction of sp³-hybridized carbons (Fsp3) is 0.350. The fourth-order valence-corrected chi connectivity index (χ4v) is 3.37. The van der Waals surface area contributed by atoms with Crippen LogP contribution in [0.2, 0.25) is 0 Å². The Morgan fingerprint density at radius 3 is 2.96 bits per heavy atom. The number of hydrogen-bond donors (Lipinski definition) is 0. The van der Waals surface area contributed by atoms with Gasteiger partial charge in [-0.15, -0.1) is 0 Å². The molecule has 0 bridgehead atoms. The summed E-state index contributed by atoms with van der Waals surface area (Å²) >= 11 is 0. The van der Waals surface area contributed by atoms with Crippen LogP contribution in [0.5, 0.6) is 0 Å². The van der Waals surface area contributed by atoms with Crippen LogP contribution in [0.1, 0.15) is 30.9 Å². The van der Waals surface area contributed by atoms with E-state index in [1.807, 2.05) is 12.1 Å². The lowest BCUT2D eigenvalue weighted by Gasteiger charge is -2.34. The molecule has 0 spiro atoms. The molecule has 3 aromatic rings. The van der Waals surface area contributed by atoms with Crippen molar-refractivity contribution in [3.63, 3.8) is 0 Å². The number of nitrogens with zero attached hydrogens (tertiary/aromatic N) is 2. The summed E-state index contributed by atoms with van der Waals surface area (Å²) in [5.41, 5.74) is 3.48. The van der Waals surface area contributed by atoms with Crippen LogP contribution in [-0.4, -0.2) is 24.7 Å². The lowest BCUT2D eigenvalue weighted by atomic mass is 10.1. The Morgan fingerprint density at radius 2 is 2.12 bits per heavy atom. The van der Waals surface area contributed by atoms with Gasteiger partial charge in [0.15, 0.2) is 0 Å². The highest BCUT2D eigenvalue weighted by Crippen LogP contribution is 2.31. The smallest absolute Gasteiger partial charge is 0.134 e. The summed E-state index contributed by atoms with van der Waals surface area (Å²) < 4.78 is 11.5. The molecule has 1 aliphatic rings. The Bertz CT molecular complexity index is 814. The maximum absolute atomic E-state index is 5.91. The van der Waals surface area contributed by atoms with Gasteiger partial charge in [0.25, 0.3) is 0 Å². The van der Waals surface area contributed by atoms with E-state index in [1.165, 1.54) is 11.1 Å². The normalized spacial score (nSPS) is 18.2. The quantitative estimate of drug-likeness (QED) is 0.715. The standard InChI is InChI=1S/C20H22N2O2/c1-2-6-15-13-18(16-7-3-4-8-17(16)21-15)22-10-12-24-20(14-22)19-9-5-11-23-19/h3-5,7-9,11,13,20H,2,6,10,12,14H2,1H3. The zero-order valence-corrected chi connectivity index (χ0v) is 13.9. The molecular weight excluding hydrogens is 300 g/mol. The molecule has 0 saturated carbocycles. The number of aromatic nitrogens is 1. The van der Waals surface area contributed by atoms with E-state index in [0.717, 1.165) is 42.9 Å². The number of pyridine rings is 1. The molecule has 4 rings (SSSR count). The summed E-state index contributed by atoms with van der Waals surface area (Å²) in [7, 11) is 0. The van der Waals surface area contributed by atoms with E-state index in [-0.39, 0.29) is 6.10 Å². The zero-order chi connectivity index (χ0) is 16.4. The van der Waals surface area contributed by atoms with E-state index < -0.39 is 0 Å². The summed E-state index contributed by atoms with van der Waals surface area (Å²) in [6, 6.07) is 14.5. The molecule has 1 atom stereocenters. The predicted octanol–water partition coefficient (Wildman–Crippen LogP) is 4.36. The number of para-hydroxylation sites is 1. The van der Waals surface area contributed by atoms with Gasteiger partial charge in [-0.25, -0.2) is 0 Å². The van der Waals surface area contributed by atoms with Gasteiger partial charge in [0.2, 0.25) is 0 Å². The third kappa shape index (κ3) is 2.89. The van der Waals surface area contributed by atoms with Gasteiger partial charge in [-0.1, -0.05) is 31.5 Å². The van der Waals surface area contributed by atoms with Crippen molar-refractivity contribution in [2.45, 2.75) is 25.9 Å². The molecule has 0 aliphatic carbocycles. The van der Waals surface area contributed by atoms with Gasteiger partial charge in [0.05, 0.1) is 24.9 Å². The van der Waals surface area contributed by atoms with Crippen molar-refractivity contribution in [2.24, 2.45) is 0 Å². The van der Waals surface area contributed by atoms with Crippen molar-refractivity contribution in [2.75, 3.05) is 24.6 Å². The number of morpholine rings is 1. The summed E-state index contributed by atoms with van der Waals surface area (Å²) in [6.45, 7) is 4.58. The molecule has 2 aromatic heterocycles. The van der Waals surface area contributed by atoms with Gasteiger partial charge >= 0.3 is 0 Å². The molecule has 1 fully saturated rings. The van der Waals surface area contributed by atoms with Gasteiger partial charge < -0.3 is 14.1 Å². The van der Waals surface area contributed by atoms with Crippen molar-refractivity contribution in [3.8, 4) is 0 Å². The molecule has 24 heavy (non-hydrogen) atoms. The summed E-state index contributed by atoms with van der Waals surface area (Å²) in [5, 5.41) is 1.21. The number of fused-ring (bicyclic) bond motifs is 1. The van der Waals surface area contributed by atoms with Crippen LogP contribution in [0, 0.1) is 0 Å². The highest BCUT2D eigenvalue weighted by molar-refractivity contribution is 5.92. The molecule has 3 heterocycles. The molecule has 1 saturated heterocycles. The number of benzene rings is 1. The van der Waals surface area contributed by atoms with E-state index in [4.69, 9.17) is 14.1 Å². The Morgan fingerprint density at radius 1 is 1.21 bits per heavy atom. The largest absolute Gasteiger partial charge is 0.467 e. The first-order chi connectivity index (χ1) is 11.8. The average molecular weight is 322 g/mol. The van der Waals surface area contributed by atoms with E-state index in [2.05, 4.69) is 42.2 Å². The molecule has 0 amide bonds. The summed E-state index contributed by atoms with van der Waals surface area (Å²) in [4.78, 5) is 7.22. The average Bonchev–Trinajstić information content (AvgIpc) is 3.16. The van der Waals surface area contributed by atoms with E-state index in [9.17, 15) is 0 Å². The molecule has 4 nitrogen and oxygen atoms in total. The lowest BCUT2D eigenvalue weighted by Crippen LogP contribution is -2.38. The monoisotopic (exact) mass is 322 g/mol. The van der Waals surface area contributed by atoms with Crippen LogP contribution in [0.4, 0.5) is 5.69 Å². The Hall–Kier alpha value is -2.33. The van der Waals surface area contributed by atoms with Crippen molar-refractivity contribution in [1.29, 1.82) is 0 Å². The molecule has 1 aromatic carbocycles. The van der Waals surface area contributed by atoms with Gasteiger partial charge in [0, 0.05) is 23.3 Å². The number of rotatable bonds is 4. The van der Waals surface area contributed by atoms with E-state index in [0.29, 0.717) is 6.61 Å². The minimum Gasteiger partial charge on any atom is -0.467 e. The van der Waals surface area contributed by atoms with Gasteiger partial charge in [-0.05, 0) is 30.7 Å². The number of anilines is 1. The van der Waals surface area contributed by atoms with Gasteiger partial charge in [0.1, 0.15) is 11.9 Å². The molecule has 124 valence electrons. The van der Waals surface area contributed by atoms with Crippen molar-refractivity contribution < 1.29 is 9.15 Å². The van der Waals surface area contributed by atoms with Crippen molar-refractivity contribution >= 4 is 16.6 Å². The molecule has 1 aliphatic heterocycles. The fourth-order valence-electron chi connectivity index (χ4n) is 3.37. The summed E-state index contributed by atoms with van der Waals surface area (Å²) in [5.74, 6) is 0.895. The first-order valence-electron chi connectivity index (χ1n) is 8.64. The van der Waals surface area contributed by atoms with Crippen LogP contribution < -0.4 is 4.90 Å². The molecule has 0 N–H and O–H groups in total. The highest BCUT2D eigenvalue weighted by Gasteiger charge is 2.25. The number of hydrogen-bond acceptors (Lipinski definition) is 4. The molecule has 4 heteroatoms. The van der Waals surface area contributed by atoms with E-state index >= 15 is 0 Å². The van der Waals surface area contributed by atoms with Crippen molar-refractivity contribution in [3.05, 3.63) is 60.2 Å². The maximum Gasteiger partial charge on any atom is 0.134 e. The third-order valence-corrected chi connectivity index (χ3v) is 4.52. The second-order valence-electron chi connectivity index (χ2n) is 6.22. The zero-order valence-electron chi connectivity index (χ0n) is 13.9. The number of ether oxygens (including phenoxy) is 1. The second-order valence-corrected chi connectivity index (χ2v) is 6.22. The second kappa shape index (κ2) is 6.65. The molecular formula is C20H22N2O2. The first-order valence-corrected chi connectivity index (χ1v) is 8.64. The highest BCUT2D eigenvalue weighted by atomic mass is 16.5. The van der Waals surface area contributed by atoms with Crippen molar-refractivity contribution in [1.82, 2.24) is 4.98 Å². The lowest BCUT2D eigenvalue weighted by molar-refractivity contribution is 0.0258. The predicted molar refractivity (Wildman–Crippen MR) is 95.4 cm³/mol. The van der Waals surface area contributed by atoms with Crippen LogP contribution in [0.3, 0.4) is 0 Å². The van der Waals surface area contributed by atoms with Crippen LogP contribution in [0.15, 0.2) is 53.1 Å². The van der Waals surface area contributed by atoms with Crippen LogP contribution in [0.25, 0.3) is 10.9 Å².